The molecule has 0 aliphatic carbocycles. The van der Waals surface area contributed by atoms with Gasteiger partial charge < -0.3 is 10.2 Å². The number of nitrogens with one attached hydrogen (secondary N) is 1. The molecule has 130 valence electrons. The first-order chi connectivity index (χ1) is 11.8. The molecule has 5 nitrogen and oxygen atoms in total. The van der Waals surface area contributed by atoms with Crippen molar-refractivity contribution in [1.29, 1.82) is 0 Å². The zero-order chi connectivity index (χ0) is 16.6. The van der Waals surface area contributed by atoms with E-state index in [4.69, 9.17) is 0 Å². The fourth-order valence-corrected chi connectivity index (χ4v) is 5.01. The second kappa shape index (κ2) is 9.39. The predicted octanol–water partition coefficient (Wildman–Crippen LogP) is 3.75. The molecular weight excluding hydrogens is 360 g/mol. The van der Waals surface area contributed by atoms with Crippen LogP contribution in [0.1, 0.15) is 30.6 Å². The summed E-state index contributed by atoms with van der Waals surface area (Å²) in [6, 6.07) is 4.21. The molecule has 24 heavy (non-hydrogen) atoms. The molecule has 1 saturated heterocycles. The van der Waals surface area contributed by atoms with E-state index in [1.54, 1.807) is 11.3 Å². The summed E-state index contributed by atoms with van der Waals surface area (Å²) in [5.41, 5.74) is 0. The lowest BCUT2D eigenvalue weighted by molar-refractivity contribution is -0.128. The number of likely N-dealkylation sites (tertiary alicyclic amines) is 1. The third-order valence-electron chi connectivity index (χ3n) is 3.91. The average molecular weight is 383 g/mol. The van der Waals surface area contributed by atoms with Gasteiger partial charge in [0, 0.05) is 24.5 Å². The quantitative estimate of drug-likeness (QED) is 0.739. The van der Waals surface area contributed by atoms with E-state index in [-0.39, 0.29) is 5.91 Å². The van der Waals surface area contributed by atoms with Crippen LogP contribution in [0.15, 0.2) is 21.9 Å². The summed E-state index contributed by atoms with van der Waals surface area (Å²) in [6.07, 6.45) is 5.75. The number of thioether (sulfide) groups is 1. The summed E-state index contributed by atoms with van der Waals surface area (Å²) < 4.78 is 0.858. The molecule has 1 N–H and O–H groups in total. The molecule has 0 bridgehead atoms. The highest BCUT2D eigenvalue weighted by atomic mass is 32.2. The van der Waals surface area contributed by atoms with Crippen molar-refractivity contribution in [2.24, 2.45) is 0 Å². The number of carbonyl (C=O) groups excluding carboxylic acids is 1. The molecule has 1 fully saturated rings. The monoisotopic (exact) mass is 382 g/mol. The zero-order valence-corrected chi connectivity index (χ0v) is 16.0. The number of nitrogens with zero attached hydrogens (tertiary/aromatic N) is 3. The van der Waals surface area contributed by atoms with Gasteiger partial charge in [0.1, 0.15) is 0 Å². The van der Waals surface area contributed by atoms with Gasteiger partial charge >= 0.3 is 0 Å². The van der Waals surface area contributed by atoms with Crippen molar-refractivity contribution >= 4 is 45.5 Å². The van der Waals surface area contributed by atoms with Gasteiger partial charge in [0.2, 0.25) is 11.0 Å². The molecule has 3 rings (SSSR count). The van der Waals surface area contributed by atoms with Crippen LogP contribution in [0.5, 0.6) is 0 Å². The van der Waals surface area contributed by atoms with Gasteiger partial charge in [-0.2, -0.15) is 0 Å². The number of carbonyl (C=O) groups is 1. The standard InChI is InChI=1S/C16H22N4OS3/c21-14(20-9-3-1-2-4-10-20)12-23-16-19-18-15(24-16)17-8-7-13-6-5-11-22-13/h5-6,11H,1-4,7-10,12H2,(H,17,18). The molecule has 0 atom stereocenters. The number of anilines is 1. The molecule has 0 saturated carbocycles. The summed E-state index contributed by atoms with van der Waals surface area (Å²) in [6.45, 7) is 2.67. The fraction of sp³-hybridized carbons (Fsp3) is 0.562. The summed E-state index contributed by atoms with van der Waals surface area (Å²) in [5, 5.41) is 14.6. The Morgan fingerprint density at radius 1 is 1.25 bits per heavy atom. The zero-order valence-electron chi connectivity index (χ0n) is 13.6. The van der Waals surface area contributed by atoms with Crippen molar-refractivity contribution in [3.8, 4) is 0 Å². The normalized spacial score (nSPS) is 15.2. The van der Waals surface area contributed by atoms with Gasteiger partial charge in [-0.1, -0.05) is 42.0 Å². The molecule has 8 heteroatoms. The highest BCUT2D eigenvalue weighted by molar-refractivity contribution is 8.01. The number of thiophene rings is 1. The van der Waals surface area contributed by atoms with E-state index in [1.165, 1.54) is 40.8 Å². The molecule has 1 aliphatic heterocycles. The van der Waals surface area contributed by atoms with E-state index >= 15 is 0 Å². The topological polar surface area (TPSA) is 58.1 Å². The first-order valence-electron chi connectivity index (χ1n) is 8.31. The van der Waals surface area contributed by atoms with E-state index < -0.39 is 0 Å². The van der Waals surface area contributed by atoms with Crippen LogP contribution in [0.25, 0.3) is 0 Å². The summed E-state index contributed by atoms with van der Waals surface area (Å²) in [4.78, 5) is 15.6. The Labute approximate surface area is 154 Å². The van der Waals surface area contributed by atoms with Crippen molar-refractivity contribution in [3.63, 3.8) is 0 Å². The van der Waals surface area contributed by atoms with Crippen LogP contribution in [-0.2, 0) is 11.2 Å². The van der Waals surface area contributed by atoms with E-state index in [0.29, 0.717) is 5.75 Å². The SMILES string of the molecule is O=C(CSc1nnc(NCCc2cccs2)s1)N1CCCCCC1. The minimum Gasteiger partial charge on any atom is -0.360 e. The molecule has 2 aromatic heterocycles. The molecule has 0 radical (unpaired) electrons. The van der Waals surface area contributed by atoms with Crippen LogP contribution in [-0.4, -0.2) is 46.4 Å². The Kier molecular flexibility index (Phi) is 6.92. The number of hydrogen-bond acceptors (Lipinski definition) is 7. The maximum absolute atomic E-state index is 12.3. The smallest absolute Gasteiger partial charge is 0.233 e. The second-order valence-electron chi connectivity index (χ2n) is 5.71. The van der Waals surface area contributed by atoms with E-state index in [9.17, 15) is 4.79 Å². The van der Waals surface area contributed by atoms with Crippen LogP contribution in [0, 0.1) is 0 Å². The maximum Gasteiger partial charge on any atom is 0.233 e. The highest BCUT2D eigenvalue weighted by Gasteiger charge is 2.16. The Morgan fingerprint density at radius 3 is 2.83 bits per heavy atom. The fourth-order valence-electron chi connectivity index (χ4n) is 2.62. The van der Waals surface area contributed by atoms with Crippen LogP contribution in [0.4, 0.5) is 5.13 Å². The lowest BCUT2D eigenvalue weighted by Crippen LogP contribution is -2.33. The lowest BCUT2D eigenvalue weighted by atomic mass is 10.2. The molecule has 1 amide bonds. The second-order valence-corrected chi connectivity index (χ2v) is 8.95. The highest BCUT2D eigenvalue weighted by Crippen LogP contribution is 2.26. The Morgan fingerprint density at radius 2 is 2.08 bits per heavy atom. The minimum absolute atomic E-state index is 0.226. The molecule has 2 aromatic rings. The first kappa shape index (κ1) is 17.7. The van der Waals surface area contributed by atoms with Crippen LogP contribution in [0.2, 0.25) is 0 Å². The van der Waals surface area contributed by atoms with Gasteiger partial charge in [-0.15, -0.1) is 21.5 Å². The first-order valence-corrected chi connectivity index (χ1v) is 11.0. The van der Waals surface area contributed by atoms with Crippen molar-refractivity contribution in [3.05, 3.63) is 22.4 Å². The molecule has 0 spiro atoms. The summed E-state index contributed by atoms with van der Waals surface area (Å²) in [7, 11) is 0. The third kappa shape index (κ3) is 5.46. The molecule has 3 heterocycles. The van der Waals surface area contributed by atoms with Crippen molar-refractivity contribution < 1.29 is 4.79 Å². The van der Waals surface area contributed by atoms with E-state index in [0.717, 1.165) is 48.4 Å². The lowest BCUT2D eigenvalue weighted by Gasteiger charge is -2.19. The van der Waals surface area contributed by atoms with Crippen LogP contribution < -0.4 is 5.32 Å². The number of aromatic nitrogens is 2. The Balaban J connectivity index is 1.39. The largest absolute Gasteiger partial charge is 0.360 e. The minimum atomic E-state index is 0.226. The predicted molar refractivity (Wildman–Crippen MR) is 102 cm³/mol. The number of amides is 1. The van der Waals surface area contributed by atoms with Gasteiger partial charge in [0.05, 0.1) is 5.75 Å². The summed E-state index contributed by atoms with van der Waals surface area (Å²) >= 11 is 4.79. The summed E-state index contributed by atoms with van der Waals surface area (Å²) in [5.74, 6) is 0.688. The number of hydrogen-bond donors (Lipinski definition) is 1. The molecule has 1 aliphatic rings. The van der Waals surface area contributed by atoms with Crippen molar-refractivity contribution in [2.45, 2.75) is 36.4 Å². The molecule has 0 aromatic carbocycles. The van der Waals surface area contributed by atoms with Gasteiger partial charge in [-0.25, -0.2) is 0 Å². The molecular formula is C16H22N4OS3. The Bertz CT molecular complexity index is 621. The maximum atomic E-state index is 12.3. The van der Waals surface area contributed by atoms with Gasteiger partial charge in [-0.3, -0.25) is 4.79 Å². The van der Waals surface area contributed by atoms with Gasteiger partial charge in [0.15, 0.2) is 4.34 Å². The Hall–Kier alpha value is -1.12. The van der Waals surface area contributed by atoms with E-state index in [1.807, 2.05) is 4.90 Å². The average Bonchev–Trinajstić information content (AvgIpc) is 3.19. The molecule has 0 unspecified atom stereocenters. The third-order valence-corrected chi connectivity index (χ3v) is 6.85. The van der Waals surface area contributed by atoms with Crippen molar-refractivity contribution in [1.82, 2.24) is 15.1 Å². The van der Waals surface area contributed by atoms with Gasteiger partial charge in [-0.05, 0) is 30.7 Å². The van der Waals surface area contributed by atoms with E-state index in [2.05, 4.69) is 33.0 Å². The van der Waals surface area contributed by atoms with Crippen LogP contribution in [0.3, 0.4) is 0 Å². The number of rotatable bonds is 7. The van der Waals surface area contributed by atoms with Crippen LogP contribution >= 0.6 is 34.4 Å². The van der Waals surface area contributed by atoms with Gasteiger partial charge in [0.25, 0.3) is 0 Å². The van der Waals surface area contributed by atoms with Crippen molar-refractivity contribution in [2.75, 3.05) is 30.7 Å².